The lowest BCUT2D eigenvalue weighted by Gasteiger charge is -2.30. The summed E-state index contributed by atoms with van der Waals surface area (Å²) in [5, 5.41) is 10.5. The number of hydrogen-bond donors (Lipinski definition) is 0. The Kier molecular flexibility index (Phi) is 3.72. The molecule has 1 aliphatic heterocycles. The first-order valence-corrected chi connectivity index (χ1v) is 5.41. The molecule has 1 fully saturated rings. The second kappa shape index (κ2) is 4.67. The lowest BCUT2D eigenvalue weighted by Crippen LogP contribution is -2.44. The van der Waals surface area contributed by atoms with Gasteiger partial charge in [0.05, 0.1) is 0 Å². The van der Waals surface area contributed by atoms with Gasteiger partial charge in [0.2, 0.25) is 6.04 Å². The summed E-state index contributed by atoms with van der Waals surface area (Å²) in [6.07, 6.45) is 0.438. The molecule has 1 aliphatic rings. The summed E-state index contributed by atoms with van der Waals surface area (Å²) in [4.78, 5) is 23.4. The number of carbonyl (C=O) groups is 1. The second-order valence-corrected chi connectivity index (χ2v) is 4.98. The molecule has 0 unspecified atom stereocenters. The van der Waals surface area contributed by atoms with Crippen LogP contribution < -0.4 is 0 Å². The number of hydrogen-bond acceptors (Lipinski definition) is 4. The fraction of sp³-hybridized carbons (Fsp3) is 0.900. The van der Waals surface area contributed by atoms with Gasteiger partial charge in [-0.05, 0) is 20.8 Å². The van der Waals surface area contributed by atoms with Gasteiger partial charge >= 0.3 is 6.09 Å². The number of nitro groups is 1. The Morgan fingerprint density at radius 3 is 2.25 bits per heavy atom. The zero-order valence-corrected chi connectivity index (χ0v) is 9.93. The number of nitrogens with zero attached hydrogens (tertiary/aromatic N) is 2. The van der Waals surface area contributed by atoms with Crippen LogP contribution in [0, 0.1) is 10.1 Å². The van der Waals surface area contributed by atoms with Gasteiger partial charge in [-0.25, -0.2) is 4.79 Å². The summed E-state index contributed by atoms with van der Waals surface area (Å²) < 4.78 is 5.19. The van der Waals surface area contributed by atoms with Crippen molar-refractivity contribution < 1.29 is 14.5 Å². The summed E-state index contributed by atoms with van der Waals surface area (Å²) in [6.45, 7) is 6.21. The minimum absolute atomic E-state index is 0.271. The van der Waals surface area contributed by atoms with E-state index in [1.165, 1.54) is 4.90 Å². The molecular formula is C10H18N2O4. The van der Waals surface area contributed by atoms with Crippen LogP contribution in [-0.2, 0) is 4.74 Å². The van der Waals surface area contributed by atoms with Crippen molar-refractivity contribution >= 4 is 6.09 Å². The van der Waals surface area contributed by atoms with Gasteiger partial charge in [-0.15, -0.1) is 0 Å². The Labute approximate surface area is 94.7 Å². The van der Waals surface area contributed by atoms with E-state index in [1.54, 1.807) is 20.8 Å². The highest BCUT2D eigenvalue weighted by atomic mass is 16.6. The fourth-order valence-electron chi connectivity index (χ4n) is 1.59. The summed E-state index contributed by atoms with van der Waals surface area (Å²) in [5.41, 5.74) is -0.517. The third-order valence-corrected chi connectivity index (χ3v) is 2.41. The maximum absolute atomic E-state index is 11.6. The SMILES string of the molecule is CC(C)(C)OC(=O)N1CCC([N+](=O)[O-])CC1. The maximum atomic E-state index is 11.6. The Morgan fingerprint density at radius 2 is 1.88 bits per heavy atom. The molecule has 0 bridgehead atoms. The van der Waals surface area contributed by atoms with Gasteiger partial charge in [-0.1, -0.05) is 0 Å². The Hall–Kier alpha value is -1.33. The number of piperidine rings is 1. The monoisotopic (exact) mass is 230 g/mol. The van der Waals surface area contributed by atoms with Crippen molar-refractivity contribution in [2.45, 2.75) is 45.3 Å². The molecule has 0 atom stereocenters. The molecule has 0 aliphatic carbocycles. The van der Waals surface area contributed by atoms with Crippen molar-refractivity contribution in [2.24, 2.45) is 0 Å². The van der Waals surface area contributed by atoms with E-state index in [-0.39, 0.29) is 11.0 Å². The molecular weight excluding hydrogens is 212 g/mol. The zero-order valence-electron chi connectivity index (χ0n) is 9.93. The number of likely N-dealkylation sites (tertiary alicyclic amines) is 1. The van der Waals surface area contributed by atoms with Crippen LogP contribution in [0.4, 0.5) is 4.79 Å². The molecule has 6 heteroatoms. The van der Waals surface area contributed by atoms with E-state index in [0.29, 0.717) is 25.9 Å². The zero-order chi connectivity index (χ0) is 12.3. The van der Waals surface area contributed by atoms with Gasteiger partial charge in [-0.3, -0.25) is 10.1 Å². The molecule has 0 saturated carbocycles. The van der Waals surface area contributed by atoms with Gasteiger partial charge in [0.1, 0.15) is 5.60 Å². The number of carbonyl (C=O) groups excluding carboxylic acids is 1. The summed E-state index contributed by atoms with van der Waals surface area (Å²) in [7, 11) is 0. The Balaban J connectivity index is 2.42. The third kappa shape index (κ3) is 3.67. The first kappa shape index (κ1) is 12.7. The van der Waals surface area contributed by atoms with Crippen LogP contribution >= 0.6 is 0 Å². The summed E-state index contributed by atoms with van der Waals surface area (Å²) in [6, 6.07) is -0.515. The quantitative estimate of drug-likeness (QED) is 0.507. The number of rotatable bonds is 1. The average molecular weight is 230 g/mol. The van der Waals surface area contributed by atoms with Crippen LogP contribution in [0.1, 0.15) is 33.6 Å². The second-order valence-electron chi connectivity index (χ2n) is 4.98. The van der Waals surface area contributed by atoms with Gasteiger partial charge in [0.25, 0.3) is 0 Å². The predicted octanol–water partition coefficient (Wildman–Crippen LogP) is 1.66. The molecule has 1 rings (SSSR count). The van der Waals surface area contributed by atoms with Crippen LogP contribution in [0.15, 0.2) is 0 Å². The van der Waals surface area contributed by atoms with Gasteiger partial charge in [0.15, 0.2) is 0 Å². The van der Waals surface area contributed by atoms with Gasteiger partial charge in [0, 0.05) is 30.9 Å². The van der Waals surface area contributed by atoms with E-state index in [1.807, 2.05) is 0 Å². The van der Waals surface area contributed by atoms with E-state index in [9.17, 15) is 14.9 Å². The molecule has 0 spiro atoms. The minimum atomic E-state index is -0.517. The van der Waals surface area contributed by atoms with Gasteiger partial charge < -0.3 is 9.64 Å². The van der Waals surface area contributed by atoms with E-state index in [0.717, 1.165) is 0 Å². The third-order valence-electron chi connectivity index (χ3n) is 2.41. The first-order chi connectivity index (χ1) is 7.29. The topological polar surface area (TPSA) is 72.7 Å². The van der Waals surface area contributed by atoms with Crippen LogP contribution in [0.5, 0.6) is 0 Å². The van der Waals surface area contributed by atoms with Crippen molar-refractivity contribution in [1.29, 1.82) is 0 Å². The van der Waals surface area contributed by atoms with E-state index >= 15 is 0 Å². The number of ether oxygens (including phenoxy) is 1. The van der Waals surface area contributed by atoms with Crippen molar-refractivity contribution in [3.63, 3.8) is 0 Å². The molecule has 0 aromatic rings. The Bertz CT molecular complexity index is 277. The van der Waals surface area contributed by atoms with Crippen molar-refractivity contribution in [3.8, 4) is 0 Å². The molecule has 0 aromatic carbocycles. The predicted molar refractivity (Wildman–Crippen MR) is 57.8 cm³/mol. The van der Waals surface area contributed by atoms with Crippen LogP contribution in [0.3, 0.4) is 0 Å². The van der Waals surface area contributed by atoms with E-state index < -0.39 is 11.6 Å². The molecule has 1 saturated heterocycles. The highest BCUT2D eigenvalue weighted by Crippen LogP contribution is 2.16. The van der Waals surface area contributed by atoms with Crippen LogP contribution in [0.25, 0.3) is 0 Å². The lowest BCUT2D eigenvalue weighted by molar-refractivity contribution is -0.526. The smallest absolute Gasteiger partial charge is 0.410 e. The number of amides is 1. The molecule has 92 valence electrons. The Morgan fingerprint density at radius 1 is 1.38 bits per heavy atom. The standard InChI is InChI=1S/C10H18N2O4/c1-10(2,3)16-9(13)11-6-4-8(5-7-11)12(14)15/h8H,4-7H2,1-3H3. The molecule has 6 nitrogen and oxygen atoms in total. The average Bonchev–Trinajstić information content (AvgIpc) is 2.15. The minimum Gasteiger partial charge on any atom is -0.444 e. The van der Waals surface area contributed by atoms with Crippen LogP contribution in [-0.4, -0.2) is 40.6 Å². The molecule has 0 radical (unpaired) electrons. The van der Waals surface area contributed by atoms with Crippen molar-refractivity contribution in [3.05, 3.63) is 10.1 Å². The van der Waals surface area contributed by atoms with E-state index in [2.05, 4.69) is 0 Å². The fourth-order valence-corrected chi connectivity index (χ4v) is 1.59. The molecule has 0 aromatic heterocycles. The van der Waals surface area contributed by atoms with Crippen LogP contribution in [0.2, 0.25) is 0 Å². The maximum Gasteiger partial charge on any atom is 0.410 e. The molecule has 0 N–H and O–H groups in total. The van der Waals surface area contributed by atoms with E-state index in [4.69, 9.17) is 4.74 Å². The highest BCUT2D eigenvalue weighted by Gasteiger charge is 2.31. The lowest BCUT2D eigenvalue weighted by atomic mass is 10.1. The first-order valence-electron chi connectivity index (χ1n) is 5.41. The molecule has 1 amide bonds. The van der Waals surface area contributed by atoms with Crippen molar-refractivity contribution in [1.82, 2.24) is 4.90 Å². The molecule has 16 heavy (non-hydrogen) atoms. The highest BCUT2D eigenvalue weighted by molar-refractivity contribution is 5.68. The normalized spacial score (nSPS) is 18.3. The largest absolute Gasteiger partial charge is 0.444 e. The molecule has 1 heterocycles. The summed E-state index contributed by atoms with van der Waals surface area (Å²) in [5.74, 6) is 0. The van der Waals surface area contributed by atoms with Gasteiger partial charge in [-0.2, -0.15) is 0 Å². The van der Waals surface area contributed by atoms with Crippen molar-refractivity contribution in [2.75, 3.05) is 13.1 Å². The summed E-state index contributed by atoms with van der Waals surface area (Å²) >= 11 is 0.